The van der Waals surface area contributed by atoms with Crippen LogP contribution in [0.1, 0.15) is 34.1 Å². The minimum absolute atomic E-state index is 0.0909. The normalized spacial score (nSPS) is 9.71. The molecule has 0 radical (unpaired) electrons. The van der Waals surface area contributed by atoms with Crippen LogP contribution in [0.5, 0.6) is 0 Å². The molecular formula is C11H25NO2. The second-order valence-electron chi connectivity index (χ2n) is 3.62. The van der Waals surface area contributed by atoms with E-state index in [-0.39, 0.29) is 5.97 Å². The van der Waals surface area contributed by atoms with E-state index in [1.807, 2.05) is 46.7 Å². The van der Waals surface area contributed by atoms with E-state index in [1.165, 1.54) is 0 Å². The van der Waals surface area contributed by atoms with Gasteiger partial charge in [-0.05, 0) is 20.0 Å². The van der Waals surface area contributed by atoms with Gasteiger partial charge in [0.2, 0.25) is 0 Å². The zero-order valence-corrected chi connectivity index (χ0v) is 10.5. The Morgan fingerprint density at radius 3 is 2.14 bits per heavy atom. The van der Waals surface area contributed by atoms with E-state index in [9.17, 15) is 4.79 Å². The molecule has 86 valence electrons. The monoisotopic (exact) mass is 203 g/mol. The summed E-state index contributed by atoms with van der Waals surface area (Å²) in [6.45, 7) is 9.31. The van der Waals surface area contributed by atoms with Crippen LogP contribution in [0, 0.1) is 5.92 Å². The van der Waals surface area contributed by atoms with Gasteiger partial charge in [-0.3, -0.25) is 4.79 Å². The first-order valence-electron chi connectivity index (χ1n) is 5.32. The second kappa shape index (κ2) is 10.5. The third-order valence-corrected chi connectivity index (χ3v) is 1.38. The second-order valence-corrected chi connectivity index (χ2v) is 3.62. The zero-order chi connectivity index (χ0) is 11.6. The molecule has 0 fully saturated rings. The Balaban J connectivity index is 0. The fraction of sp³-hybridized carbons (Fsp3) is 0.909. The predicted molar refractivity (Wildman–Crippen MR) is 60.3 cm³/mol. The van der Waals surface area contributed by atoms with Gasteiger partial charge in [-0.2, -0.15) is 0 Å². The third kappa shape index (κ3) is 14.0. The maximum Gasteiger partial charge on any atom is 0.306 e. The summed E-state index contributed by atoms with van der Waals surface area (Å²) >= 11 is 0. The lowest BCUT2D eigenvalue weighted by Gasteiger charge is -2.10. The number of carbonyl (C=O) groups excluding carboxylic acids is 1. The minimum atomic E-state index is -0.0909. The molecule has 14 heavy (non-hydrogen) atoms. The van der Waals surface area contributed by atoms with E-state index in [0.29, 0.717) is 18.9 Å². The molecule has 0 rings (SSSR count). The zero-order valence-electron chi connectivity index (χ0n) is 10.5. The van der Waals surface area contributed by atoms with Crippen molar-refractivity contribution in [3.8, 4) is 0 Å². The van der Waals surface area contributed by atoms with Gasteiger partial charge in [-0.1, -0.05) is 27.7 Å². The molecule has 0 aromatic rings. The first-order chi connectivity index (χ1) is 6.52. The number of nitrogens with zero attached hydrogens (tertiary/aromatic N) is 1. The third-order valence-electron chi connectivity index (χ3n) is 1.38. The summed E-state index contributed by atoms with van der Waals surface area (Å²) in [6, 6.07) is 0. The Hall–Kier alpha value is -0.570. The molecule has 0 atom stereocenters. The Labute approximate surface area is 88.4 Å². The standard InChI is InChI=1S/C9H19NO2.C2H6/c1-8(2)7-9(11)12-6-5-10(3)4;1-2/h8H,5-7H2,1-4H3;1-2H3. The van der Waals surface area contributed by atoms with Crippen molar-refractivity contribution in [2.45, 2.75) is 34.1 Å². The van der Waals surface area contributed by atoms with Crippen LogP contribution in [0.4, 0.5) is 0 Å². The quantitative estimate of drug-likeness (QED) is 0.641. The van der Waals surface area contributed by atoms with E-state index >= 15 is 0 Å². The molecule has 0 aliphatic carbocycles. The molecule has 0 amide bonds. The van der Waals surface area contributed by atoms with Gasteiger partial charge in [-0.15, -0.1) is 0 Å². The average Bonchev–Trinajstić information content (AvgIpc) is 2.05. The topological polar surface area (TPSA) is 29.5 Å². The van der Waals surface area contributed by atoms with Gasteiger partial charge in [0.05, 0.1) is 0 Å². The molecule has 0 unspecified atom stereocenters. The van der Waals surface area contributed by atoms with Crippen molar-refractivity contribution in [2.75, 3.05) is 27.2 Å². The number of hydrogen-bond donors (Lipinski definition) is 0. The van der Waals surface area contributed by atoms with Crippen LogP contribution in [-0.2, 0) is 9.53 Å². The summed E-state index contributed by atoms with van der Waals surface area (Å²) in [5.74, 6) is 0.295. The maximum atomic E-state index is 11.0. The fourth-order valence-corrected chi connectivity index (χ4v) is 0.734. The van der Waals surface area contributed by atoms with Gasteiger partial charge in [0.1, 0.15) is 6.61 Å². The largest absolute Gasteiger partial charge is 0.464 e. The van der Waals surface area contributed by atoms with Crippen molar-refractivity contribution >= 4 is 5.97 Å². The highest BCUT2D eigenvalue weighted by Crippen LogP contribution is 2.00. The summed E-state index contributed by atoms with van der Waals surface area (Å²) in [6.07, 6.45) is 0.521. The van der Waals surface area contributed by atoms with Crippen molar-refractivity contribution in [3.63, 3.8) is 0 Å². The van der Waals surface area contributed by atoms with Crippen LogP contribution in [0.3, 0.4) is 0 Å². The van der Waals surface area contributed by atoms with Gasteiger partial charge >= 0.3 is 5.97 Å². The molecular weight excluding hydrogens is 178 g/mol. The highest BCUT2D eigenvalue weighted by atomic mass is 16.5. The number of rotatable bonds is 5. The minimum Gasteiger partial charge on any atom is -0.464 e. The van der Waals surface area contributed by atoms with Gasteiger partial charge in [0.15, 0.2) is 0 Å². The van der Waals surface area contributed by atoms with Crippen molar-refractivity contribution in [1.82, 2.24) is 4.90 Å². The lowest BCUT2D eigenvalue weighted by Crippen LogP contribution is -2.20. The molecule has 0 aliphatic heterocycles. The summed E-state index contributed by atoms with van der Waals surface area (Å²) in [5.41, 5.74) is 0. The molecule has 0 N–H and O–H groups in total. The lowest BCUT2D eigenvalue weighted by molar-refractivity contribution is -0.144. The van der Waals surface area contributed by atoms with Gasteiger partial charge in [-0.25, -0.2) is 0 Å². The highest BCUT2D eigenvalue weighted by molar-refractivity contribution is 5.69. The molecule has 0 saturated carbocycles. The molecule has 0 saturated heterocycles. The average molecular weight is 203 g/mol. The predicted octanol–water partition coefficient (Wildman–Crippen LogP) is 2.16. The Morgan fingerprint density at radius 1 is 1.29 bits per heavy atom. The van der Waals surface area contributed by atoms with E-state index in [4.69, 9.17) is 4.74 Å². The summed E-state index contributed by atoms with van der Waals surface area (Å²) in [5, 5.41) is 0. The molecule has 0 heterocycles. The molecule has 0 spiro atoms. The Morgan fingerprint density at radius 2 is 1.79 bits per heavy atom. The smallest absolute Gasteiger partial charge is 0.306 e. The van der Waals surface area contributed by atoms with Crippen molar-refractivity contribution in [1.29, 1.82) is 0 Å². The van der Waals surface area contributed by atoms with Crippen molar-refractivity contribution in [3.05, 3.63) is 0 Å². The van der Waals surface area contributed by atoms with Crippen molar-refractivity contribution < 1.29 is 9.53 Å². The Kier molecular flexibility index (Phi) is 11.9. The first-order valence-corrected chi connectivity index (χ1v) is 5.32. The van der Waals surface area contributed by atoms with E-state index in [1.54, 1.807) is 0 Å². The van der Waals surface area contributed by atoms with E-state index < -0.39 is 0 Å². The first kappa shape index (κ1) is 15.9. The van der Waals surface area contributed by atoms with Crippen LogP contribution >= 0.6 is 0 Å². The maximum absolute atomic E-state index is 11.0. The molecule has 0 bridgehead atoms. The Bertz CT molecular complexity index is 133. The molecule has 0 aromatic heterocycles. The molecule has 0 aromatic carbocycles. The lowest BCUT2D eigenvalue weighted by atomic mass is 10.1. The van der Waals surface area contributed by atoms with Gasteiger partial charge in [0, 0.05) is 13.0 Å². The fourth-order valence-electron chi connectivity index (χ4n) is 0.734. The van der Waals surface area contributed by atoms with E-state index in [0.717, 1.165) is 6.54 Å². The summed E-state index contributed by atoms with van der Waals surface area (Å²) in [4.78, 5) is 13.0. The SMILES string of the molecule is CC.CC(C)CC(=O)OCCN(C)C. The van der Waals surface area contributed by atoms with Gasteiger partial charge < -0.3 is 9.64 Å². The molecule has 0 aliphatic rings. The number of esters is 1. The number of hydrogen-bond acceptors (Lipinski definition) is 3. The number of ether oxygens (including phenoxy) is 1. The van der Waals surface area contributed by atoms with Crippen LogP contribution < -0.4 is 0 Å². The molecule has 3 nitrogen and oxygen atoms in total. The number of likely N-dealkylation sites (N-methyl/N-ethyl adjacent to an activating group) is 1. The van der Waals surface area contributed by atoms with Crippen LogP contribution in [0.15, 0.2) is 0 Å². The van der Waals surface area contributed by atoms with Crippen LogP contribution in [0.2, 0.25) is 0 Å². The van der Waals surface area contributed by atoms with Crippen molar-refractivity contribution in [2.24, 2.45) is 5.92 Å². The molecule has 3 heteroatoms. The van der Waals surface area contributed by atoms with Gasteiger partial charge in [0.25, 0.3) is 0 Å². The summed E-state index contributed by atoms with van der Waals surface area (Å²) in [7, 11) is 3.91. The number of carbonyl (C=O) groups is 1. The highest BCUT2D eigenvalue weighted by Gasteiger charge is 2.05. The van der Waals surface area contributed by atoms with Crippen LogP contribution in [0.25, 0.3) is 0 Å². The van der Waals surface area contributed by atoms with Crippen LogP contribution in [-0.4, -0.2) is 38.1 Å². The summed E-state index contributed by atoms with van der Waals surface area (Å²) < 4.78 is 4.98. The van der Waals surface area contributed by atoms with E-state index in [2.05, 4.69) is 0 Å².